The van der Waals surface area contributed by atoms with Crippen LogP contribution in [-0.4, -0.2) is 41.0 Å². The van der Waals surface area contributed by atoms with Gasteiger partial charge in [0, 0.05) is 31.3 Å². The number of fused-ring (bicyclic) bond motifs is 1. The summed E-state index contributed by atoms with van der Waals surface area (Å²) in [5.74, 6) is -0.440. The summed E-state index contributed by atoms with van der Waals surface area (Å²) in [7, 11) is 1.67. The smallest absolute Gasteiger partial charge is 0.296 e. The van der Waals surface area contributed by atoms with Gasteiger partial charge in [0.15, 0.2) is 16.7 Å². The van der Waals surface area contributed by atoms with Crippen LogP contribution in [-0.2, 0) is 19.1 Å². The number of hydrogen-bond donors (Lipinski definition) is 0. The van der Waals surface area contributed by atoms with Crippen molar-refractivity contribution in [2.75, 3.05) is 12.0 Å². The molecule has 8 heteroatoms. The first-order valence-electron chi connectivity index (χ1n) is 9.31. The second kappa shape index (κ2) is 6.79. The molecule has 7 nitrogen and oxygen atoms in total. The highest BCUT2D eigenvalue weighted by molar-refractivity contribution is 7.13. The van der Waals surface area contributed by atoms with Crippen molar-refractivity contribution in [3.8, 4) is 0 Å². The maximum Gasteiger partial charge on any atom is 0.296 e. The molecular weight excluding hydrogens is 378 g/mol. The molecule has 0 N–H and O–H groups in total. The molecule has 5 rings (SSSR count). The molecule has 1 saturated carbocycles. The van der Waals surface area contributed by atoms with Crippen LogP contribution in [0.2, 0.25) is 0 Å². The fourth-order valence-electron chi connectivity index (χ4n) is 4.39. The minimum absolute atomic E-state index is 0.0103. The number of ether oxygens (including phenoxy) is 2. The highest BCUT2D eigenvalue weighted by Crippen LogP contribution is 2.48. The Morgan fingerprint density at radius 2 is 2.11 bits per heavy atom. The summed E-state index contributed by atoms with van der Waals surface area (Å²) >= 11 is 1.35. The molecule has 4 unspecified atom stereocenters. The summed E-state index contributed by atoms with van der Waals surface area (Å²) in [5, 5.41) is 2.34. The van der Waals surface area contributed by atoms with Crippen molar-refractivity contribution in [3.63, 3.8) is 0 Å². The Bertz CT molecular complexity index is 944. The summed E-state index contributed by atoms with van der Waals surface area (Å²) in [6, 6.07) is 4.88. The van der Waals surface area contributed by atoms with Gasteiger partial charge in [-0.05, 0) is 25.0 Å². The number of carbonyl (C=O) groups is 2. The molecule has 2 aliphatic heterocycles. The predicted molar refractivity (Wildman–Crippen MR) is 102 cm³/mol. The molecule has 1 aliphatic carbocycles. The third kappa shape index (κ3) is 2.59. The maximum atomic E-state index is 13.5. The number of carbonyl (C=O) groups excluding carboxylic acids is 2. The Balaban J connectivity index is 1.60. The number of methoxy groups -OCH3 is 1. The van der Waals surface area contributed by atoms with E-state index in [1.54, 1.807) is 29.8 Å². The first kappa shape index (κ1) is 17.5. The lowest BCUT2D eigenvalue weighted by Gasteiger charge is -2.38. The number of Topliss-reactive ketones (excluding diaryl/α,β-unsaturated/α-hetero) is 1. The average molecular weight is 397 g/mol. The van der Waals surface area contributed by atoms with Crippen molar-refractivity contribution in [3.05, 3.63) is 53.0 Å². The van der Waals surface area contributed by atoms with Gasteiger partial charge in [0.25, 0.3) is 5.91 Å². The molecule has 1 amide bonds. The number of ketones is 1. The van der Waals surface area contributed by atoms with Gasteiger partial charge in [-0.1, -0.05) is 6.07 Å². The van der Waals surface area contributed by atoms with Crippen LogP contribution in [0.15, 0.2) is 47.3 Å². The Morgan fingerprint density at radius 1 is 1.21 bits per heavy atom. The standard InChI is InChI=1S/C20H19N3O4S/c1-26-11-5-6-12-14(10-11)27-18-15(17(12)24)16(13-4-2-3-7-21-13)23(19(18)25)20-22-8-9-28-20/h2-4,7-9,11-12,14,16H,5-6,10H2,1H3. The molecule has 4 atom stereocenters. The zero-order chi connectivity index (χ0) is 19.3. The number of pyridine rings is 1. The summed E-state index contributed by atoms with van der Waals surface area (Å²) < 4.78 is 11.6. The fourth-order valence-corrected chi connectivity index (χ4v) is 5.06. The van der Waals surface area contributed by atoms with Crippen molar-refractivity contribution in [2.45, 2.75) is 37.5 Å². The Hall–Kier alpha value is -2.58. The number of amides is 1. The molecule has 0 bridgehead atoms. The van der Waals surface area contributed by atoms with Gasteiger partial charge < -0.3 is 9.47 Å². The molecule has 0 saturated heterocycles. The number of hydrogen-bond acceptors (Lipinski definition) is 7. The summed E-state index contributed by atoms with van der Waals surface area (Å²) in [5.41, 5.74) is 1.05. The molecule has 0 radical (unpaired) electrons. The number of nitrogens with zero attached hydrogens (tertiary/aromatic N) is 3. The summed E-state index contributed by atoms with van der Waals surface area (Å²) in [6.07, 6.45) is 5.16. The molecule has 2 aromatic heterocycles. The summed E-state index contributed by atoms with van der Waals surface area (Å²) in [4.78, 5) is 37.0. The number of thiazole rings is 1. The third-order valence-electron chi connectivity index (χ3n) is 5.73. The van der Waals surface area contributed by atoms with Crippen LogP contribution in [0.1, 0.15) is 31.0 Å². The second-order valence-corrected chi connectivity index (χ2v) is 8.06. The number of anilines is 1. The Morgan fingerprint density at radius 3 is 2.82 bits per heavy atom. The van der Waals surface area contributed by atoms with E-state index in [0.29, 0.717) is 29.2 Å². The topological polar surface area (TPSA) is 81.6 Å². The Kier molecular flexibility index (Phi) is 4.25. The predicted octanol–water partition coefficient (Wildman–Crippen LogP) is 2.66. The normalized spacial score (nSPS) is 29.5. The largest absolute Gasteiger partial charge is 0.483 e. The van der Waals surface area contributed by atoms with Crippen molar-refractivity contribution < 1.29 is 19.1 Å². The van der Waals surface area contributed by atoms with Gasteiger partial charge in [0.1, 0.15) is 12.1 Å². The molecule has 3 aliphatic rings. The Labute approximate surface area is 166 Å². The van der Waals surface area contributed by atoms with E-state index < -0.39 is 6.04 Å². The highest BCUT2D eigenvalue weighted by atomic mass is 32.1. The average Bonchev–Trinajstić information content (AvgIpc) is 3.35. The van der Waals surface area contributed by atoms with Crippen LogP contribution in [0, 0.1) is 5.92 Å². The van der Waals surface area contributed by atoms with Gasteiger partial charge in [-0.25, -0.2) is 4.98 Å². The highest BCUT2D eigenvalue weighted by Gasteiger charge is 2.54. The lowest BCUT2D eigenvalue weighted by atomic mass is 9.77. The van der Waals surface area contributed by atoms with Crippen LogP contribution in [0.3, 0.4) is 0 Å². The second-order valence-electron chi connectivity index (χ2n) is 7.19. The maximum absolute atomic E-state index is 13.5. The van der Waals surface area contributed by atoms with Crippen molar-refractivity contribution in [1.82, 2.24) is 9.97 Å². The van der Waals surface area contributed by atoms with E-state index in [4.69, 9.17) is 9.47 Å². The molecule has 0 spiro atoms. The van der Waals surface area contributed by atoms with Gasteiger partial charge in [-0.3, -0.25) is 19.5 Å². The van der Waals surface area contributed by atoms with Crippen LogP contribution < -0.4 is 4.90 Å². The third-order valence-corrected chi connectivity index (χ3v) is 6.50. The van der Waals surface area contributed by atoms with Gasteiger partial charge in [-0.2, -0.15) is 0 Å². The SMILES string of the molecule is COC1CCC2C(=O)C3=C(OC2C1)C(=O)N(c1nccs1)C3c1ccccn1. The molecule has 1 fully saturated rings. The number of rotatable bonds is 3. The number of aromatic nitrogens is 2. The van der Waals surface area contributed by atoms with Gasteiger partial charge in [0.2, 0.25) is 0 Å². The van der Waals surface area contributed by atoms with Gasteiger partial charge >= 0.3 is 0 Å². The van der Waals surface area contributed by atoms with E-state index in [2.05, 4.69) is 9.97 Å². The van der Waals surface area contributed by atoms with E-state index in [1.807, 2.05) is 18.2 Å². The molecule has 2 aromatic rings. The molecule has 0 aromatic carbocycles. The minimum Gasteiger partial charge on any atom is -0.483 e. The van der Waals surface area contributed by atoms with Gasteiger partial charge in [-0.15, -0.1) is 11.3 Å². The van der Waals surface area contributed by atoms with Crippen LogP contribution >= 0.6 is 11.3 Å². The molecular formula is C20H19N3O4S. The van der Waals surface area contributed by atoms with Crippen molar-refractivity contribution >= 4 is 28.2 Å². The summed E-state index contributed by atoms with van der Waals surface area (Å²) in [6.45, 7) is 0. The zero-order valence-corrected chi connectivity index (χ0v) is 16.1. The minimum atomic E-state index is -0.608. The zero-order valence-electron chi connectivity index (χ0n) is 15.3. The van der Waals surface area contributed by atoms with Crippen LogP contribution in [0.25, 0.3) is 0 Å². The van der Waals surface area contributed by atoms with E-state index >= 15 is 0 Å². The van der Waals surface area contributed by atoms with Crippen molar-refractivity contribution in [2.24, 2.45) is 5.92 Å². The molecule has 144 valence electrons. The van der Waals surface area contributed by atoms with E-state index in [0.717, 1.165) is 6.42 Å². The lowest BCUT2D eigenvalue weighted by molar-refractivity contribution is -0.135. The van der Waals surface area contributed by atoms with Crippen LogP contribution in [0.4, 0.5) is 5.13 Å². The quantitative estimate of drug-likeness (QED) is 0.792. The van der Waals surface area contributed by atoms with Crippen molar-refractivity contribution in [1.29, 1.82) is 0 Å². The first-order chi connectivity index (χ1) is 13.7. The van der Waals surface area contributed by atoms with E-state index in [-0.39, 0.29) is 35.6 Å². The lowest BCUT2D eigenvalue weighted by Crippen LogP contribution is -2.43. The fraction of sp³-hybridized carbons (Fsp3) is 0.400. The molecule has 28 heavy (non-hydrogen) atoms. The van der Waals surface area contributed by atoms with E-state index in [9.17, 15) is 9.59 Å². The van der Waals surface area contributed by atoms with Crippen LogP contribution in [0.5, 0.6) is 0 Å². The van der Waals surface area contributed by atoms with Gasteiger partial charge in [0.05, 0.1) is 23.3 Å². The molecule has 4 heterocycles. The monoisotopic (exact) mass is 397 g/mol. The first-order valence-corrected chi connectivity index (χ1v) is 10.2. The van der Waals surface area contributed by atoms with E-state index in [1.165, 1.54) is 11.3 Å².